The van der Waals surface area contributed by atoms with E-state index in [1.54, 1.807) is 18.5 Å². The lowest BCUT2D eigenvalue weighted by Crippen LogP contribution is -2.33. The topological polar surface area (TPSA) is 71.0 Å². The van der Waals surface area contributed by atoms with Gasteiger partial charge in [0.1, 0.15) is 0 Å². The number of hydrogen-bond donors (Lipinski definition) is 1. The molecule has 1 aliphatic carbocycles. The van der Waals surface area contributed by atoms with Crippen LogP contribution in [0.25, 0.3) is 0 Å². The molecule has 0 saturated heterocycles. The van der Waals surface area contributed by atoms with Crippen molar-refractivity contribution in [3.8, 4) is 0 Å². The molecule has 1 saturated carbocycles. The summed E-state index contributed by atoms with van der Waals surface area (Å²) in [5.74, 6) is 0.641. The van der Waals surface area contributed by atoms with Crippen LogP contribution in [0.4, 0.5) is 5.82 Å². The Labute approximate surface area is 142 Å². The maximum atomic E-state index is 12.2. The van der Waals surface area contributed by atoms with Gasteiger partial charge in [-0.3, -0.25) is 9.78 Å². The molecule has 3 rings (SSSR count). The molecule has 2 aromatic rings. The Kier molecular flexibility index (Phi) is 5.36. The minimum Gasteiger partial charge on any atom is -0.358 e. The molecule has 24 heavy (non-hydrogen) atoms. The van der Waals surface area contributed by atoms with E-state index in [0.717, 1.165) is 31.6 Å². The van der Waals surface area contributed by atoms with Crippen molar-refractivity contribution in [2.24, 2.45) is 0 Å². The van der Waals surface area contributed by atoms with E-state index < -0.39 is 0 Å². The standard InChI is InChI=1S/C18H23N5O/c1-23(13-10-14-8-11-19-12-9-14)17-7-6-16(21-22-17)18(24)20-15-4-2-3-5-15/h6-9,11-12,15H,2-5,10,13H2,1H3,(H,20,24). The first-order valence-electron chi connectivity index (χ1n) is 8.47. The van der Waals surface area contributed by atoms with Crippen LogP contribution in [0.5, 0.6) is 0 Å². The van der Waals surface area contributed by atoms with E-state index in [1.807, 2.05) is 30.1 Å². The largest absolute Gasteiger partial charge is 0.358 e. The predicted octanol–water partition coefficient (Wildman–Crippen LogP) is 2.22. The highest BCUT2D eigenvalue weighted by Crippen LogP contribution is 2.18. The van der Waals surface area contributed by atoms with E-state index in [2.05, 4.69) is 20.5 Å². The molecule has 0 radical (unpaired) electrons. The van der Waals surface area contributed by atoms with Crippen molar-refractivity contribution in [2.45, 2.75) is 38.1 Å². The Morgan fingerprint density at radius 2 is 1.92 bits per heavy atom. The van der Waals surface area contributed by atoms with Gasteiger partial charge in [0.25, 0.3) is 5.91 Å². The third-order valence-corrected chi connectivity index (χ3v) is 4.45. The van der Waals surface area contributed by atoms with Gasteiger partial charge in [-0.15, -0.1) is 10.2 Å². The fourth-order valence-corrected chi connectivity index (χ4v) is 2.94. The fraction of sp³-hybridized carbons (Fsp3) is 0.444. The summed E-state index contributed by atoms with van der Waals surface area (Å²) < 4.78 is 0. The predicted molar refractivity (Wildman–Crippen MR) is 93.0 cm³/mol. The van der Waals surface area contributed by atoms with Gasteiger partial charge in [-0.05, 0) is 49.1 Å². The minimum absolute atomic E-state index is 0.125. The van der Waals surface area contributed by atoms with Gasteiger partial charge in [0, 0.05) is 32.0 Å². The lowest BCUT2D eigenvalue weighted by atomic mass is 10.2. The van der Waals surface area contributed by atoms with Crippen LogP contribution in [-0.2, 0) is 6.42 Å². The third kappa shape index (κ3) is 4.28. The van der Waals surface area contributed by atoms with E-state index in [1.165, 1.54) is 18.4 Å². The monoisotopic (exact) mass is 325 g/mol. The zero-order valence-electron chi connectivity index (χ0n) is 14.0. The Hall–Kier alpha value is -2.50. The number of pyridine rings is 1. The van der Waals surface area contributed by atoms with Gasteiger partial charge >= 0.3 is 0 Å². The molecule has 0 unspecified atom stereocenters. The van der Waals surface area contributed by atoms with Crippen molar-refractivity contribution >= 4 is 11.7 Å². The number of carbonyl (C=O) groups is 1. The van der Waals surface area contributed by atoms with Crippen molar-refractivity contribution in [3.63, 3.8) is 0 Å². The van der Waals surface area contributed by atoms with Gasteiger partial charge in [0.2, 0.25) is 0 Å². The molecule has 1 N–H and O–H groups in total. The highest BCUT2D eigenvalue weighted by atomic mass is 16.2. The number of nitrogens with zero attached hydrogens (tertiary/aromatic N) is 4. The molecule has 1 aliphatic rings. The Bertz CT molecular complexity index is 653. The molecule has 2 aromatic heterocycles. The molecular weight excluding hydrogens is 302 g/mol. The molecule has 0 aliphatic heterocycles. The first-order chi connectivity index (χ1) is 11.7. The summed E-state index contributed by atoms with van der Waals surface area (Å²) >= 11 is 0. The number of anilines is 1. The lowest BCUT2D eigenvalue weighted by Gasteiger charge is -2.17. The number of hydrogen-bond acceptors (Lipinski definition) is 5. The van der Waals surface area contributed by atoms with Crippen LogP contribution in [0.3, 0.4) is 0 Å². The van der Waals surface area contributed by atoms with Crippen LogP contribution in [0.1, 0.15) is 41.7 Å². The molecular formula is C18H23N5O. The summed E-state index contributed by atoms with van der Waals surface area (Å²) in [5, 5.41) is 11.3. The minimum atomic E-state index is -0.125. The Balaban J connectivity index is 1.54. The highest BCUT2D eigenvalue weighted by Gasteiger charge is 2.19. The van der Waals surface area contributed by atoms with E-state index in [4.69, 9.17) is 0 Å². The number of likely N-dealkylation sites (N-methyl/N-ethyl adjacent to an activating group) is 1. The van der Waals surface area contributed by atoms with Crippen LogP contribution in [0.2, 0.25) is 0 Å². The number of amides is 1. The normalized spacial score (nSPS) is 14.5. The number of carbonyl (C=O) groups excluding carboxylic acids is 1. The molecule has 6 nitrogen and oxygen atoms in total. The zero-order chi connectivity index (χ0) is 16.8. The van der Waals surface area contributed by atoms with Crippen LogP contribution in [0, 0.1) is 0 Å². The average molecular weight is 325 g/mol. The Morgan fingerprint density at radius 1 is 1.17 bits per heavy atom. The van der Waals surface area contributed by atoms with Gasteiger partial charge in [-0.2, -0.15) is 0 Å². The van der Waals surface area contributed by atoms with Crippen LogP contribution in [0.15, 0.2) is 36.7 Å². The number of rotatable bonds is 6. The first kappa shape index (κ1) is 16.4. The molecule has 1 fully saturated rings. The van der Waals surface area contributed by atoms with E-state index in [0.29, 0.717) is 11.7 Å². The van der Waals surface area contributed by atoms with Crippen molar-refractivity contribution in [3.05, 3.63) is 47.9 Å². The summed E-state index contributed by atoms with van der Waals surface area (Å²) in [6, 6.07) is 7.91. The second-order valence-corrected chi connectivity index (χ2v) is 6.26. The van der Waals surface area contributed by atoms with Crippen molar-refractivity contribution in [1.29, 1.82) is 0 Å². The number of aromatic nitrogens is 3. The Morgan fingerprint density at radius 3 is 2.58 bits per heavy atom. The maximum Gasteiger partial charge on any atom is 0.272 e. The highest BCUT2D eigenvalue weighted by molar-refractivity contribution is 5.92. The second kappa shape index (κ2) is 7.86. The van der Waals surface area contributed by atoms with Gasteiger partial charge in [0.05, 0.1) is 0 Å². The van der Waals surface area contributed by atoms with Crippen molar-refractivity contribution in [1.82, 2.24) is 20.5 Å². The summed E-state index contributed by atoms with van der Waals surface area (Å²) in [4.78, 5) is 18.2. The third-order valence-electron chi connectivity index (χ3n) is 4.45. The second-order valence-electron chi connectivity index (χ2n) is 6.26. The van der Waals surface area contributed by atoms with Gasteiger partial charge in [0.15, 0.2) is 11.5 Å². The van der Waals surface area contributed by atoms with E-state index in [-0.39, 0.29) is 5.91 Å². The number of nitrogens with one attached hydrogen (secondary N) is 1. The molecule has 126 valence electrons. The molecule has 0 bridgehead atoms. The average Bonchev–Trinajstić information content (AvgIpc) is 3.13. The summed E-state index contributed by atoms with van der Waals surface area (Å²) in [7, 11) is 1.98. The van der Waals surface area contributed by atoms with E-state index >= 15 is 0 Å². The van der Waals surface area contributed by atoms with Crippen molar-refractivity contribution < 1.29 is 4.79 Å². The SMILES string of the molecule is CN(CCc1ccncc1)c1ccc(C(=O)NC2CCCC2)nn1. The summed E-state index contributed by atoms with van der Waals surface area (Å²) in [5.41, 5.74) is 1.62. The van der Waals surface area contributed by atoms with E-state index in [9.17, 15) is 4.79 Å². The van der Waals surface area contributed by atoms with Crippen LogP contribution >= 0.6 is 0 Å². The summed E-state index contributed by atoms with van der Waals surface area (Å²) in [6.07, 6.45) is 9.02. The first-order valence-corrected chi connectivity index (χ1v) is 8.47. The van der Waals surface area contributed by atoms with Crippen molar-refractivity contribution in [2.75, 3.05) is 18.5 Å². The van der Waals surface area contributed by atoms with Gasteiger partial charge in [-0.25, -0.2) is 0 Å². The maximum absolute atomic E-state index is 12.2. The van der Waals surface area contributed by atoms with Gasteiger partial charge < -0.3 is 10.2 Å². The van der Waals surface area contributed by atoms with Crippen LogP contribution < -0.4 is 10.2 Å². The zero-order valence-corrected chi connectivity index (χ0v) is 14.0. The molecule has 0 aromatic carbocycles. The quantitative estimate of drug-likeness (QED) is 0.882. The summed E-state index contributed by atoms with van der Waals surface area (Å²) in [6.45, 7) is 0.826. The molecule has 2 heterocycles. The van der Waals surface area contributed by atoms with Gasteiger partial charge in [-0.1, -0.05) is 12.8 Å². The van der Waals surface area contributed by atoms with Crippen LogP contribution in [-0.4, -0.2) is 40.7 Å². The smallest absolute Gasteiger partial charge is 0.272 e. The molecule has 0 atom stereocenters. The lowest BCUT2D eigenvalue weighted by molar-refractivity contribution is 0.0932. The molecule has 1 amide bonds. The molecule has 0 spiro atoms. The fourth-order valence-electron chi connectivity index (χ4n) is 2.94. The molecule has 6 heteroatoms.